The summed E-state index contributed by atoms with van der Waals surface area (Å²) in [6.45, 7) is 6.03. The van der Waals surface area contributed by atoms with Gasteiger partial charge in [-0.3, -0.25) is 0 Å². The van der Waals surface area contributed by atoms with Crippen LogP contribution >= 0.6 is 0 Å². The fourth-order valence-electron chi connectivity index (χ4n) is 15.9. The van der Waals surface area contributed by atoms with Gasteiger partial charge in [-0.25, -0.2) is 0 Å². The first kappa shape index (κ1) is 79.3. The molecule has 0 saturated heterocycles. The molecule has 15 aromatic rings. The van der Waals surface area contributed by atoms with Crippen molar-refractivity contribution in [3.05, 3.63) is 429 Å². The molecule has 2 aromatic heterocycles. The third-order valence-electron chi connectivity index (χ3n) is 21.5. The van der Waals surface area contributed by atoms with Crippen molar-refractivity contribution in [1.82, 2.24) is 9.13 Å². The van der Waals surface area contributed by atoms with Crippen molar-refractivity contribution >= 4 is 67.7 Å². The Morgan fingerprint density at radius 2 is 0.864 bits per heavy atom. The molecule has 5 aliphatic rings. The van der Waals surface area contributed by atoms with Crippen molar-refractivity contribution in [3.63, 3.8) is 0 Å². The summed E-state index contributed by atoms with van der Waals surface area (Å²) in [5.41, 5.74) is 35.0. The minimum absolute atomic E-state index is 0. The molecule has 0 saturated carbocycles. The summed E-state index contributed by atoms with van der Waals surface area (Å²) < 4.78 is 4.60. The number of allylic oxidation sites excluding steroid dienone is 1. The summed E-state index contributed by atoms with van der Waals surface area (Å²) in [6.07, 6.45) is 11.9. The van der Waals surface area contributed by atoms with Crippen molar-refractivity contribution in [2.24, 2.45) is 14.1 Å². The second kappa shape index (κ2) is 37.9. The maximum absolute atomic E-state index is 4.25. The first-order valence-electron chi connectivity index (χ1n) is 37.7. The molecule has 110 heavy (non-hydrogen) atoms. The van der Waals surface area contributed by atoms with Crippen LogP contribution in [0.2, 0.25) is 0 Å². The van der Waals surface area contributed by atoms with Crippen molar-refractivity contribution < 1.29 is 65.4 Å². The van der Waals surface area contributed by atoms with E-state index in [1.54, 1.807) is 0 Å². The first-order chi connectivity index (χ1) is 53.0. The predicted octanol–water partition coefficient (Wildman–Crippen LogP) is 23.6. The minimum atomic E-state index is 0. The molecule has 0 fully saturated rings. The van der Waals surface area contributed by atoms with E-state index in [0.29, 0.717) is 0 Å². The summed E-state index contributed by atoms with van der Waals surface area (Å²) in [5.74, 6) is 0. The standard InChI is InChI=1S/C16H13N.3C15H15N.2C14H13N.C12H11N.2Y/c1-17-15-9-5-4-8-13(15)14-10-11-6-2-3-7-12(11)16(14)17;1-16-14-8-4-2-6-12(14)10-11-13-7-3-5-9-15(13)16;2*1-16-11-14-8-3-2-6-12(14)10-13-7-4-5-9-15(13)16;1-12-8-6-7-11-14(12)15(2)13-9-4-3-5-10-13;1-15-14-10-6-5-9-13(14)11-12-7-3-2-4-8-12;1-13-11-7-3-2-5-9(11)10-6-4-8-12(10)13;;/h2-9H,10H2,1H3;3*2-9H,10-11H2,1H3;3-9,11H,1H2,2H3;2-7,9-10H,11H2,1H3;2-5,7-8H,6H2,1H3;;/q;;;;2*-2;;;. The molecule has 13 aromatic carbocycles. The molecule has 20 rings (SSSR count). The Balaban J connectivity index is 0.000000119. The predicted molar refractivity (Wildman–Crippen MR) is 458 cm³/mol. The molecule has 3 aliphatic heterocycles. The Kier molecular flexibility index (Phi) is 27.3. The molecule has 0 unspecified atom stereocenters. The second-order valence-corrected chi connectivity index (χ2v) is 28.3. The van der Waals surface area contributed by atoms with Crippen LogP contribution in [-0.4, -0.2) is 44.4 Å². The second-order valence-electron chi connectivity index (χ2n) is 28.3. The van der Waals surface area contributed by atoms with Crippen LogP contribution in [-0.2, 0) is 138 Å². The molecule has 5 heterocycles. The van der Waals surface area contributed by atoms with Gasteiger partial charge in [0.2, 0.25) is 0 Å². The number of rotatable bonds is 5. The number of aryl methyl sites for hydroxylation is 4. The smallest absolute Gasteiger partial charge is 0.0527 e. The molecule has 2 radical (unpaired) electrons. The summed E-state index contributed by atoms with van der Waals surface area (Å²) in [5, 5.41) is 7.06. The summed E-state index contributed by atoms with van der Waals surface area (Å²) in [6, 6.07) is 117. The van der Waals surface area contributed by atoms with E-state index in [1.807, 2.05) is 93.0 Å². The van der Waals surface area contributed by atoms with Crippen molar-refractivity contribution in [1.29, 1.82) is 0 Å². The Morgan fingerprint density at radius 3 is 1.43 bits per heavy atom. The Hall–Kier alpha value is -10.2. The van der Waals surface area contributed by atoms with Crippen LogP contribution in [0.15, 0.2) is 322 Å². The third kappa shape index (κ3) is 18.3. The van der Waals surface area contributed by atoms with Crippen LogP contribution in [0.3, 0.4) is 0 Å². The molecular weight excluding hydrogens is 1490 g/mol. The van der Waals surface area contributed by atoms with Gasteiger partial charge in [0, 0.05) is 176 Å². The van der Waals surface area contributed by atoms with Gasteiger partial charge in [0.25, 0.3) is 0 Å². The SMILES string of the molecule is CN1Cc2ccccc2Cc2ccccc21.CN1Cc2ccccc2Cc2ccccc21.CN1c2ccccc2CCc2ccccc21.C[N-]c1ccccc1Cc1[c-]cccc1.Cn1c2c(c3ccccc31)CC=C2.Cn1c2c(c3ccccc31)Cc1ccccc1-2.[CH2-]c1ccccc1N(C)c1[c-]cccc1.[Y].[Y]. The van der Waals surface area contributed by atoms with E-state index >= 15 is 0 Å². The van der Waals surface area contributed by atoms with Gasteiger partial charge in [0.15, 0.2) is 0 Å². The zero-order valence-corrected chi connectivity index (χ0v) is 70.2. The van der Waals surface area contributed by atoms with Gasteiger partial charge in [-0.15, -0.1) is 24.9 Å². The van der Waals surface area contributed by atoms with Crippen LogP contribution in [0.1, 0.15) is 83.6 Å². The fourth-order valence-corrected chi connectivity index (χ4v) is 15.9. The number of aromatic nitrogens is 2. The van der Waals surface area contributed by atoms with Gasteiger partial charge < -0.3 is 34.1 Å². The maximum atomic E-state index is 4.25. The minimum Gasteiger partial charge on any atom is -0.687 e. The number of nitrogens with zero attached hydrogens (tertiary/aromatic N) is 7. The molecule has 2 aliphatic carbocycles. The van der Waals surface area contributed by atoms with Crippen molar-refractivity contribution in [3.8, 4) is 11.3 Å². The summed E-state index contributed by atoms with van der Waals surface area (Å²) in [7, 11) is 14.6. The molecule has 9 heteroatoms. The summed E-state index contributed by atoms with van der Waals surface area (Å²) in [4.78, 5) is 9.06. The average molecular weight is 1580 g/mol. The Labute approximate surface area is 703 Å². The number of fused-ring (bicyclic) bond motifs is 14. The molecule has 0 spiro atoms. The van der Waals surface area contributed by atoms with E-state index in [2.05, 4.69) is 337 Å². The normalized spacial score (nSPS) is 12.4. The van der Waals surface area contributed by atoms with E-state index in [1.165, 1.54) is 134 Å². The van der Waals surface area contributed by atoms with Gasteiger partial charge in [0.1, 0.15) is 0 Å². The maximum Gasteiger partial charge on any atom is 0.0527 e. The van der Waals surface area contributed by atoms with Crippen LogP contribution < -0.4 is 19.6 Å². The fraction of sp³-hybridized carbons (Fsp3) is 0.158. The molecule has 0 bridgehead atoms. The molecule has 544 valence electrons. The molecule has 0 amide bonds. The van der Waals surface area contributed by atoms with Crippen LogP contribution in [0, 0.1) is 19.1 Å². The zero-order chi connectivity index (χ0) is 74.3. The monoisotopic (exact) mass is 1580 g/mol. The van der Waals surface area contributed by atoms with E-state index in [-0.39, 0.29) is 65.4 Å². The molecule has 0 N–H and O–H groups in total. The quantitative estimate of drug-likeness (QED) is 0.161. The summed E-state index contributed by atoms with van der Waals surface area (Å²) >= 11 is 0. The zero-order valence-electron chi connectivity index (χ0n) is 64.5. The van der Waals surface area contributed by atoms with Gasteiger partial charge in [-0.1, -0.05) is 241 Å². The van der Waals surface area contributed by atoms with Gasteiger partial charge in [-0.2, -0.15) is 78.7 Å². The third-order valence-corrected chi connectivity index (χ3v) is 21.5. The topological polar surface area (TPSA) is 36.9 Å². The van der Waals surface area contributed by atoms with Crippen molar-refractivity contribution in [2.75, 3.05) is 54.8 Å². The molecule has 7 nitrogen and oxygen atoms in total. The average Bonchev–Trinajstić information content (AvgIpc) is 1.59. The number of hydrogen-bond donors (Lipinski definition) is 0. The van der Waals surface area contributed by atoms with Crippen LogP contribution in [0.25, 0.3) is 44.5 Å². The number of anilines is 6. The Morgan fingerprint density at radius 1 is 0.409 bits per heavy atom. The Bertz CT molecular complexity index is 5430. The van der Waals surface area contributed by atoms with E-state index in [9.17, 15) is 0 Å². The van der Waals surface area contributed by atoms with Crippen LogP contribution in [0.5, 0.6) is 0 Å². The largest absolute Gasteiger partial charge is 0.687 e. The van der Waals surface area contributed by atoms with E-state index < -0.39 is 0 Å². The number of hydrogen-bond acceptors (Lipinski definition) is 4. The number of benzene rings is 13. The van der Waals surface area contributed by atoms with Crippen LogP contribution in [0.4, 0.5) is 39.8 Å². The van der Waals surface area contributed by atoms with Gasteiger partial charge in [0.05, 0.1) is 5.69 Å². The van der Waals surface area contributed by atoms with Crippen molar-refractivity contribution in [2.45, 2.75) is 58.0 Å². The molecular formula is C101H95N7Y2-4. The van der Waals surface area contributed by atoms with E-state index in [4.69, 9.17) is 0 Å². The number of para-hydroxylation sites is 9. The van der Waals surface area contributed by atoms with E-state index in [0.717, 1.165) is 80.7 Å². The first-order valence-corrected chi connectivity index (χ1v) is 37.7. The molecule has 0 atom stereocenters. The van der Waals surface area contributed by atoms with Gasteiger partial charge in [-0.05, 0) is 149 Å². The van der Waals surface area contributed by atoms with Gasteiger partial charge >= 0.3 is 0 Å².